The lowest BCUT2D eigenvalue weighted by atomic mass is 10.1. The van der Waals surface area contributed by atoms with Gasteiger partial charge in [-0.15, -0.1) is 0 Å². The van der Waals surface area contributed by atoms with E-state index in [1.165, 1.54) is 0 Å². The molecule has 3 nitrogen and oxygen atoms in total. The Bertz CT molecular complexity index is 571. The fourth-order valence-electron chi connectivity index (χ4n) is 2.04. The normalized spacial score (nSPS) is 12.1. The second-order valence-corrected chi connectivity index (χ2v) is 6.31. The number of hydrogen-bond acceptors (Lipinski definition) is 3. The molecule has 0 spiro atoms. The Balaban J connectivity index is 1.78. The van der Waals surface area contributed by atoms with Gasteiger partial charge in [0, 0.05) is 24.5 Å². The molecule has 2 rings (SSSR count). The van der Waals surface area contributed by atoms with Crippen molar-refractivity contribution in [2.75, 3.05) is 13.7 Å². The Morgan fingerprint density at radius 1 is 1.38 bits per heavy atom. The number of methoxy groups -OCH3 is 1. The van der Waals surface area contributed by atoms with E-state index < -0.39 is 0 Å². The summed E-state index contributed by atoms with van der Waals surface area (Å²) in [5.41, 5.74) is 2.25. The predicted molar refractivity (Wildman–Crippen MR) is 89.5 cm³/mol. The number of carbonyl (C=O) groups is 1. The standard InChI is InChI=1S/C16H18BrNO2S/c1-20-15(13-8-9-21-11-13)10-18-16(19)7-6-12-4-2-3-5-14(12)17/h2-5,8-9,11,15H,6-7,10H2,1H3,(H,18,19). The number of thiophene rings is 1. The van der Waals surface area contributed by atoms with Crippen LogP contribution in [0.15, 0.2) is 45.6 Å². The molecule has 112 valence electrons. The van der Waals surface area contributed by atoms with Crippen LogP contribution in [-0.4, -0.2) is 19.6 Å². The number of hydrogen-bond donors (Lipinski definition) is 1. The van der Waals surface area contributed by atoms with E-state index >= 15 is 0 Å². The van der Waals surface area contributed by atoms with E-state index in [-0.39, 0.29) is 12.0 Å². The molecule has 1 atom stereocenters. The average Bonchev–Trinajstić information content (AvgIpc) is 3.01. The van der Waals surface area contributed by atoms with E-state index in [0.717, 1.165) is 22.0 Å². The van der Waals surface area contributed by atoms with Gasteiger partial charge in [-0.05, 0) is 40.4 Å². The maximum absolute atomic E-state index is 11.9. The number of benzene rings is 1. The summed E-state index contributed by atoms with van der Waals surface area (Å²) in [5, 5.41) is 6.99. The molecule has 1 heterocycles. The molecule has 5 heteroatoms. The first kappa shape index (κ1) is 16.2. The molecule has 1 aromatic carbocycles. The molecule has 2 aromatic rings. The monoisotopic (exact) mass is 367 g/mol. The molecule has 1 aromatic heterocycles. The Hall–Kier alpha value is -1.17. The van der Waals surface area contributed by atoms with Crippen molar-refractivity contribution in [1.29, 1.82) is 0 Å². The average molecular weight is 368 g/mol. The van der Waals surface area contributed by atoms with Crippen molar-refractivity contribution in [3.63, 3.8) is 0 Å². The molecule has 0 bridgehead atoms. The van der Waals surface area contributed by atoms with Gasteiger partial charge in [0.1, 0.15) is 6.10 Å². The summed E-state index contributed by atoms with van der Waals surface area (Å²) in [4.78, 5) is 11.9. The molecule has 0 fully saturated rings. The van der Waals surface area contributed by atoms with Crippen LogP contribution >= 0.6 is 27.3 Å². The fourth-order valence-corrected chi connectivity index (χ4v) is 3.22. The SMILES string of the molecule is COC(CNC(=O)CCc1ccccc1Br)c1ccsc1. The van der Waals surface area contributed by atoms with Gasteiger partial charge in [-0.1, -0.05) is 34.1 Å². The van der Waals surface area contributed by atoms with Gasteiger partial charge in [0.05, 0.1) is 0 Å². The van der Waals surface area contributed by atoms with Crippen molar-refractivity contribution in [3.8, 4) is 0 Å². The van der Waals surface area contributed by atoms with Crippen molar-refractivity contribution in [2.24, 2.45) is 0 Å². The predicted octanol–water partition coefficient (Wildman–Crippen LogP) is 3.95. The van der Waals surface area contributed by atoms with Crippen molar-refractivity contribution in [2.45, 2.75) is 18.9 Å². The molecule has 0 radical (unpaired) electrons. The van der Waals surface area contributed by atoms with Crippen LogP contribution in [0.3, 0.4) is 0 Å². The van der Waals surface area contributed by atoms with Gasteiger partial charge >= 0.3 is 0 Å². The topological polar surface area (TPSA) is 38.3 Å². The van der Waals surface area contributed by atoms with E-state index in [2.05, 4.69) is 21.2 Å². The highest BCUT2D eigenvalue weighted by molar-refractivity contribution is 9.10. The molecule has 1 N–H and O–H groups in total. The number of amides is 1. The van der Waals surface area contributed by atoms with E-state index in [1.54, 1.807) is 18.4 Å². The number of halogens is 1. The second kappa shape index (κ2) is 8.32. The van der Waals surface area contributed by atoms with Crippen LogP contribution in [0, 0.1) is 0 Å². The molecular weight excluding hydrogens is 350 g/mol. The van der Waals surface area contributed by atoms with Crippen molar-refractivity contribution >= 4 is 33.2 Å². The van der Waals surface area contributed by atoms with E-state index in [4.69, 9.17) is 4.74 Å². The molecule has 1 amide bonds. The number of nitrogens with one attached hydrogen (secondary N) is 1. The van der Waals surface area contributed by atoms with Gasteiger partial charge in [-0.3, -0.25) is 4.79 Å². The highest BCUT2D eigenvalue weighted by Gasteiger charge is 2.12. The van der Waals surface area contributed by atoms with E-state index in [9.17, 15) is 4.79 Å². The summed E-state index contributed by atoms with van der Waals surface area (Å²) in [6, 6.07) is 9.99. The lowest BCUT2D eigenvalue weighted by molar-refractivity contribution is -0.121. The van der Waals surface area contributed by atoms with Crippen LogP contribution in [0.25, 0.3) is 0 Å². The van der Waals surface area contributed by atoms with E-state index in [0.29, 0.717) is 13.0 Å². The van der Waals surface area contributed by atoms with Crippen LogP contribution < -0.4 is 5.32 Å². The van der Waals surface area contributed by atoms with Crippen LogP contribution in [-0.2, 0) is 16.0 Å². The minimum atomic E-state index is -0.0799. The minimum Gasteiger partial charge on any atom is -0.375 e. The van der Waals surface area contributed by atoms with Gasteiger partial charge in [-0.2, -0.15) is 11.3 Å². The number of carbonyl (C=O) groups excluding carboxylic acids is 1. The Kier molecular flexibility index (Phi) is 6.42. The first-order chi connectivity index (χ1) is 10.2. The van der Waals surface area contributed by atoms with Crippen LogP contribution in [0.2, 0.25) is 0 Å². The first-order valence-electron chi connectivity index (χ1n) is 6.75. The van der Waals surface area contributed by atoms with Crippen molar-refractivity contribution in [3.05, 3.63) is 56.7 Å². The second-order valence-electron chi connectivity index (χ2n) is 4.68. The van der Waals surface area contributed by atoms with Gasteiger partial charge in [0.25, 0.3) is 0 Å². The Morgan fingerprint density at radius 3 is 2.86 bits per heavy atom. The zero-order valence-electron chi connectivity index (χ0n) is 11.8. The summed E-state index contributed by atoms with van der Waals surface area (Å²) in [6.45, 7) is 0.502. The number of ether oxygens (including phenoxy) is 1. The first-order valence-corrected chi connectivity index (χ1v) is 8.49. The smallest absolute Gasteiger partial charge is 0.220 e. The summed E-state index contributed by atoms with van der Waals surface area (Å²) < 4.78 is 6.46. The number of aryl methyl sites for hydroxylation is 1. The molecule has 0 aliphatic rings. The van der Waals surface area contributed by atoms with Crippen LogP contribution in [0.4, 0.5) is 0 Å². The highest BCUT2D eigenvalue weighted by atomic mass is 79.9. The van der Waals surface area contributed by atoms with E-state index in [1.807, 2.05) is 41.1 Å². The van der Waals surface area contributed by atoms with Crippen LogP contribution in [0.5, 0.6) is 0 Å². The highest BCUT2D eigenvalue weighted by Crippen LogP contribution is 2.19. The van der Waals surface area contributed by atoms with Gasteiger partial charge < -0.3 is 10.1 Å². The van der Waals surface area contributed by atoms with Gasteiger partial charge in [-0.25, -0.2) is 0 Å². The van der Waals surface area contributed by atoms with Crippen molar-refractivity contribution < 1.29 is 9.53 Å². The molecular formula is C16H18BrNO2S. The summed E-state index contributed by atoms with van der Waals surface area (Å²) >= 11 is 5.12. The molecule has 21 heavy (non-hydrogen) atoms. The summed E-state index contributed by atoms with van der Waals surface area (Å²) in [6.07, 6.45) is 1.12. The van der Waals surface area contributed by atoms with Crippen LogP contribution in [0.1, 0.15) is 23.7 Å². The van der Waals surface area contributed by atoms with Crippen molar-refractivity contribution in [1.82, 2.24) is 5.32 Å². The third kappa shape index (κ3) is 4.95. The van der Waals surface area contributed by atoms with Gasteiger partial charge in [0.2, 0.25) is 5.91 Å². The molecule has 0 saturated heterocycles. The number of rotatable bonds is 7. The zero-order valence-corrected chi connectivity index (χ0v) is 14.2. The Morgan fingerprint density at radius 2 is 2.19 bits per heavy atom. The lowest BCUT2D eigenvalue weighted by Crippen LogP contribution is -2.29. The summed E-state index contributed by atoms with van der Waals surface area (Å²) in [7, 11) is 1.66. The maximum Gasteiger partial charge on any atom is 0.220 e. The molecule has 0 aliphatic carbocycles. The fraction of sp³-hybridized carbons (Fsp3) is 0.312. The zero-order chi connectivity index (χ0) is 15.1. The van der Waals surface area contributed by atoms with Gasteiger partial charge in [0.15, 0.2) is 0 Å². The third-order valence-electron chi connectivity index (χ3n) is 3.26. The maximum atomic E-state index is 11.9. The third-order valence-corrected chi connectivity index (χ3v) is 4.74. The molecule has 1 unspecified atom stereocenters. The summed E-state index contributed by atoms with van der Waals surface area (Å²) in [5.74, 6) is 0.0445. The largest absolute Gasteiger partial charge is 0.375 e. The quantitative estimate of drug-likeness (QED) is 0.804. The minimum absolute atomic E-state index is 0.0445. The molecule has 0 saturated carbocycles. The molecule has 0 aliphatic heterocycles. The lowest BCUT2D eigenvalue weighted by Gasteiger charge is -2.15. The Labute approximate surface area is 137 Å².